The number of hydrogen-bond donors (Lipinski definition) is 0. The highest BCUT2D eigenvalue weighted by atomic mass is 32.2. The summed E-state index contributed by atoms with van der Waals surface area (Å²) in [5, 5.41) is 0. The first-order valence-corrected chi connectivity index (χ1v) is 5.25. The highest BCUT2D eigenvalue weighted by Crippen LogP contribution is 2.08. The zero-order chi connectivity index (χ0) is 9.19. The maximum absolute atomic E-state index is 10.7. The summed E-state index contributed by atoms with van der Waals surface area (Å²) in [7, 11) is -3.46. The molecule has 0 radical (unpaired) electrons. The fourth-order valence-electron chi connectivity index (χ4n) is 0.761. The van der Waals surface area contributed by atoms with Gasteiger partial charge in [0.1, 0.15) is 0 Å². The summed E-state index contributed by atoms with van der Waals surface area (Å²) in [6.07, 6.45) is 4.13. The van der Waals surface area contributed by atoms with Crippen LogP contribution in [0.3, 0.4) is 0 Å². The monoisotopic (exact) mass is 190 g/mol. The van der Waals surface area contributed by atoms with E-state index >= 15 is 0 Å². The second-order valence-electron chi connectivity index (χ2n) is 2.28. The second kappa shape index (κ2) is 3.14. The predicted octanol–water partition coefficient (Wildman–Crippen LogP) is 0.241. The number of aromatic nitrogens is 2. The molecule has 0 atom stereocenters. The molecule has 0 N–H and O–H groups in total. The molecule has 1 rings (SSSR count). The van der Waals surface area contributed by atoms with Gasteiger partial charge in [0.25, 0.3) is 0 Å². The Bertz CT molecular complexity index is 355. The molecule has 68 valence electrons. The van der Waals surface area contributed by atoms with Crippen LogP contribution in [0.4, 0.5) is 0 Å². The molecule has 5 nitrogen and oxygen atoms in total. The minimum atomic E-state index is -3.46. The first-order valence-electron chi connectivity index (χ1n) is 3.43. The van der Waals surface area contributed by atoms with Gasteiger partial charge in [0.15, 0.2) is 0 Å². The van der Waals surface area contributed by atoms with E-state index in [9.17, 15) is 8.42 Å². The zero-order valence-electron chi connectivity index (χ0n) is 6.89. The Labute approximate surface area is 71.1 Å². The molecule has 0 fully saturated rings. The van der Waals surface area contributed by atoms with Crippen LogP contribution in [-0.2, 0) is 16.7 Å². The fourth-order valence-corrected chi connectivity index (χ4v) is 1.17. The van der Waals surface area contributed by atoms with Crippen LogP contribution in [0.2, 0.25) is 0 Å². The van der Waals surface area contributed by atoms with Crippen LogP contribution in [0, 0.1) is 0 Å². The molecular formula is C6H10N2O3S. The van der Waals surface area contributed by atoms with Crippen molar-refractivity contribution in [2.24, 2.45) is 0 Å². The Morgan fingerprint density at radius 1 is 1.67 bits per heavy atom. The molecule has 0 saturated heterocycles. The summed E-state index contributed by atoms with van der Waals surface area (Å²) in [5.74, 6) is 0. The Kier molecular flexibility index (Phi) is 2.37. The Balaban J connectivity index is 2.89. The van der Waals surface area contributed by atoms with Crippen molar-refractivity contribution in [1.82, 2.24) is 9.55 Å². The Morgan fingerprint density at radius 3 is 2.83 bits per heavy atom. The molecule has 0 unspecified atom stereocenters. The Hall–Kier alpha value is -1.04. The van der Waals surface area contributed by atoms with Crippen LogP contribution in [0.5, 0.6) is 6.01 Å². The number of imidazole rings is 1. The Morgan fingerprint density at radius 2 is 2.33 bits per heavy atom. The van der Waals surface area contributed by atoms with E-state index in [1.807, 2.05) is 6.92 Å². The fraction of sp³-hybridized carbons (Fsp3) is 0.500. The average Bonchev–Trinajstić information content (AvgIpc) is 2.31. The summed E-state index contributed by atoms with van der Waals surface area (Å²) < 4.78 is 27.6. The largest absolute Gasteiger partial charge is 0.345 e. The van der Waals surface area contributed by atoms with E-state index in [0.717, 1.165) is 6.26 Å². The summed E-state index contributed by atoms with van der Waals surface area (Å²) in [6, 6.07) is 0.111. The van der Waals surface area contributed by atoms with Crippen LogP contribution in [0.25, 0.3) is 0 Å². The van der Waals surface area contributed by atoms with Crippen molar-refractivity contribution in [3.8, 4) is 6.01 Å². The molecule has 0 aliphatic heterocycles. The lowest BCUT2D eigenvalue weighted by Gasteiger charge is -2.02. The van der Waals surface area contributed by atoms with Gasteiger partial charge >= 0.3 is 16.1 Å². The van der Waals surface area contributed by atoms with Crippen molar-refractivity contribution < 1.29 is 12.6 Å². The van der Waals surface area contributed by atoms with Crippen molar-refractivity contribution in [3.05, 3.63) is 12.4 Å². The third-order valence-electron chi connectivity index (χ3n) is 1.24. The number of hydrogen-bond acceptors (Lipinski definition) is 4. The van der Waals surface area contributed by atoms with E-state index < -0.39 is 10.1 Å². The smallest absolute Gasteiger partial charge is 0.313 e. The predicted molar refractivity (Wildman–Crippen MR) is 43.4 cm³/mol. The number of nitrogens with zero attached hydrogens (tertiary/aromatic N) is 2. The van der Waals surface area contributed by atoms with Crippen LogP contribution in [0.15, 0.2) is 12.4 Å². The normalized spacial score (nSPS) is 11.5. The van der Waals surface area contributed by atoms with Crippen molar-refractivity contribution in [2.75, 3.05) is 6.26 Å². The SMILES string of the molecule is CCn1ccnc1OS(C)(=O)=O. The summed E-state index contributed by atoms with van der Waals surface area (Å²) >= 11 is 0. The van der Waals surface area contributed by atoms with Crippen LogP contribution in [0.1, 0.15) is 6.92 Å². The van der Waals surface area contributed by atoms with Gasteiger partial charge in [0.2, 0.25) is 0 Å². The second-order valence-corrected chi connectivity index (χ2v) is 3.86. The van der Waals surface area contributed by atoms with Crippen molar-refractivity contribution in [3.63, 3.8) is 0 Å². The maximum atomic E-state index is 10.7. The highest BCUT2D eigenvalue weighted by molar-refractivity contribution is 7.86. The van der Waals surface area contributed by atoms with Gasteiger partial charge in [-0.3, -0.25) is 0 Å². The lowest BCUT2D eigenvalue weighted by atomic mass is 10.7. The van der Waals surface area contributed by atoms with Crippen LogP contribution >= 0.6 is 0 Å². The lowest BCUT2D eigenvalue weighted by Crippen LogP contribution is -2.10. The third kappa shape index (κ3) is 2.23. The first kappa shape index (κ1) is 9.05. The van der Waals surface area contributed by atoms with E-state index in [1.165, 1.54) is 6.20 Å². The van der Waals surface area contributed by atoms with Crippen molar-refractivity contribution >= 4 is 10.1 Å². The van der Waals surface area contributed by atoms with Gasteiger partial charge in [-0.1, -0.05) is 0 Å². The topological polar surface area (TPSA) is 61.2 Å². The first-order chi connectivity index (χ1) is 5.53. The van der Waals surface area contributed by atoms with Crippen molar-refractivity contribution in [2.45, 2.75) is 13.5 Å². The standard InChI is InChI=1S/C6H10N2O3S/c1-3-8-5-4-7-6(8)11-12(2,9)10/h4-5H,3H2,1-2H3. The molecule has 1 heterocycles. The molecule has 0 aliphatic carbocycles. The number of rotatable bonds is 3. The van der Waals surface area contributed by atoms with Gasteiger partial charge in [-0.2, -0.15) is 8.42 Å². The third-order valence-corrected chi connectivity index (χ3v) is 1.70. The molecule has 12 heavy (non-hydrogen) atoms. The lowest BCUT2D eigenvalue weighted by molar-refractivity contribution is 0.450. The minimum Gasteiger partial charge on any atom is -0.345 e. The maximum Gasteiger partial charge on any atom is 0.313 e. The van der Waals surface area contributed by atoms with Gasteiger partial charge in [-0.15, -0.1) is 0 Å². The molecule has 0 saturated carbocycles. The van der Waals surface area contributed by atoms with E-state index in [4.69, 9.17) is 0 Å². The van der Waals surface area contributed by atoms with Gasteiger partial charge in [0, 0.05) is 18.9 Å². The molecule has 0 aromatic carbocycles. The molecule has 0 aliphatic rings. The zero-order valence-corrected chi connectivity index (χ0v) is 7.71. The number of aryl methyl sites for hydroxylation is 1. The van der Waals surface area contributed by atoms with Crippen molar-refractivity contribution in [1.29, 1.82) is 0 Å². The van der Waals surface area contributed by atoms with E-state index in [1.54, 1.807) is 10.8 Å². The molecule has 0 bridgehead atoms. The van der Waals surface area contributed by atoms with Gasteiger partial charge in [-0.25, -0.2) is 4.98 Å². The van der Waals surface area contributed by atoms with E-state index in [0.29, 0.717) is 6.54 Å². The average molecular weight is 190 g/mol. The molecule has 0 amide bonds. The van der Waals surface area contributed by atoms with Crippen LogP contribution < -0.4 is 4.18 Å². The molecule has 1 aromatic rings. The van der Waals surface area contributed by atoms with Gasteiger partial charge in [-0.05, 0) is 6.92 Å². The minimum absolute atomic E-state index is 0.111. The summed E-state index contributed by atoms with van der Waals surface area (Å²) in [5.41, 5.74) is 0. The van der Waals surface area contributed by atoms with E-state index in [2.05, 4.69) is 9.17 Å². The summed E-state index contributed by atoms with van der Waals surface area (Å²) in [6.45, 7) is 2.50. The van der Waals surface area contributed by atoms with Gasteiger partial charge in [0.05, 0.1) is 6.26 Å². The van der Waals surface area contributed by atoms with Crippen LogP contribution in [-0.4, -0.2) is 24.2 Å². The quantitative estimate of drug-likeness (QED) is 0.640. The molecule has 1 aromatic heterocycles. The summed E-state index contributed by atoms with van der Waals surface area (Å²) in [4.78, 5) is 3.73. The molecule has 6 heteroatoms. The van der Waals surface area contributed by atoms with Gasteiger partial charge < -0.3 is 8.75 Å². The molecule has 0 spiro atoms. The molecular weight excluding hydrogens is 180 g/mol. The highest BCUT2D eigenvalue weighted by Gasteiger charge is 2.08. The van der Waals surface area contributed by atoms with E-state index in [-0.39, 0.29) is 6.01 Å².